The van der Waals surface area contributed by atoms with E-state index in [1.807, 2.05) is 0 Å². The molecule has 0 heterocycles. The lowest BCUT2D eigenvalue weighted by Crippen LogP contribution is -2.30. The predicted molar refractivity (Wildman–Crippen MR) is 70.1 cm³/mol. The second kappa shape index (κ2) is 7.47. The Morgan fingerprint density at radius 1 is 1.30 bits per heavy atom. The molecule has 0 spiro atoms. The molecule has 114 valence electrons. The van der Waals surface area contributed by atoms with E-state index in [1.54, 1.807) is 4.90 Å². The number of halogens is 3. The maximum Gasteiger partial charge on any atom is 0.416 e. The number of hydrogen-bond acceptors (Lipinski definition) is 4. The molecule has 0 aliphatic heterocycles. The van der Waals surface area contributed by atoms with Crippen LogP contribution in [0.5, 0.6) is 0 Å². The summed E-state index contributed by atoms with van der Waals surface area (Å²) in [6.07, 6.45) is -4.45. The topological polar surface area (TPSA) is 58.7 Å². The van der Waals surface area contributed by atoms with Gasteiger partial charge in [0.15, 0.2) is 0 Å². The van der Waals surface area contributed by atoms with E-state index in [1.165, 1.54) is 19.2 Å². The van der Waals surface area contributed by atoms with Crippen molar-refractivity contribution in [3.8, 4) is 0 Å². The number of nitrogens with zero attached hydrogens (tertiary/aromatic N) is 1. The molecule has 20 heavy (non-hydrogen) atoms. The van der Waals surface area contributed by atoms with Gasteiger partial charge in [0.2, 0.25) is 0 Å². The second-order valence-electron chi connectivity index (χ2n) is 4.41. The molecule has 0 bridgehead atoms. The highest BCUT2D eigenvalue weighted by atomic mass is 19.4. The molecular formula is C13H19F3N2O2. The van der Waals surface area contributed by atoms with Gasteiger partial charge in [0.1, 0.15) is 0 Å². The van der Waals surface area contributed by atoms with E-state index in [0.717, 1.165) is 6.07 Å². The average Bonchev–Trinajstić information content (AvgIpc) is 2.37. The van der Waals surface area contributed by atoms with Gasteiger partial charge >= 0.3 is 6.18 Å². The lowest BCUT2D eigenvalue weighted by Gasteiger charge is -2.23. The van der Waals surface area contributed by atoms with Gasteiger partial charge < -0.3 is 15.6 Å². The Kier molecular flexibility index (Phi) is 6.25. The first kappa shape index (κ1) is 16.7. The molecule has 0 fully saturated rings. The SMILES string of the molecule is COCCN(CCO)Cc1ccc(N)cc1C(F)(F)F. The predicted octanol–water partition coefficient (Wildman–Crippen LogP) is 1.73. The molecule has 4 nitrogen and oxygen atoms in total. The zero-order valence-corrected chi connectivity index (χ0v) is 11.3. The third-order valence-electron chi connectivity index (χ3n) is 2.86. The zero-order chi connectivity index (χ0) is 15.2. The van der Waals surface area contributed by atoms with Gasteiger partial charge in [-0.3, -0.25) is 4.90 Å². The molecule has 0 saturated heterocycles. The fraction of sp³-hybridized carbons (Fsp3) is 0.538. The molecule has 1 aromatic carbocycles. The molecule has 0 saturated carbocycles. The summed E-state index contributed by atoms with van der Waals surface area (Å²) in [5.74, 6) is 0. The third kappa shape index (κ3) is 4.99. The van der Waals surface area contributed by atoms with Crippen molar-refractivity contribution in [3.05, 3.63) is 29.3 Å². The fourth-order valence-electron chi connectivity index (χ4n) is 1.87. The molecular weight excluding hydrogens is 273 g/mol. The number of aliphatic hydroxyl groups is 1. The van der Waals surface area contributed by atoms with Gasteiger partial charge in [-0.15, -0.1) is 0 Å². The molecule has 0 aromatic heterocycles. The molecule has 0 amide bonds. The van der Waals surface area contributed by atoms with Crippen LogP contribution in [0.1, 0.15) is 11.1 Å². The maximum atomic E-state index is 13.0. The summed E-state index contributed by atoms with van der Waals surface area (Å²) in [5.41, 5.74) is 4.89. The molecule has 0 atom stereocenters. The van der Waals surface area contributed by atoms with E-state index in [0.29, 0.717) is 13.2 Å². The Morgan fingerprint density at radius 2 is 2.00 bits per heavy atom. The number of anilines is 1. The minimum Gasteiger partial charge on any atom is -0.399 e. The Hall–Kier alpha value is -1.31. The molecule has 1 aromatic rings. The molecule has 7 heteroatoms. The highest BCUT2D eigenvalue weighted by molar-refractivity contribution is 5.46. The first-order chi connectivity index (χ1) is 9.38. The van der Waals surface area contributed by atoms with E-state index in [9.17, 15) is 13.2 Å². The zero-order valence-electron chi connectivity index (χ0n) is 11.3. The van der Waals surface area contributed by atoms with Crippen molar-refractivity contribution >= 4 is 5.69 Å². The van der Waals surface area contributed by atoms with Crippen LogP contribution in [0.15, 0.2) is 18.2 Å². The maximum absolute atomic E-state index is 13.0. The summed E-state index contributed by atoms with van der Waals surface area (Å²) in [6.45, 7) is 1.07. The lowest BCUT2D eigenvalue weighted by atomic mass is 10.1. The van der Waals surface area contributed by atoms with Gasteiger partial charge in [-0.25, -0.2) is 0 Å². The number of hydrogen-bond donors (Lipinski definition) is 2. The van der Waals surface area contributed by atoms with Crippen LogP contribution in [-0.2, 0) is 17.5 Å². The van der Waals surface area contributed by atoms with Gasteiger partial charge in [0.25, 0.3) is 0 Å². The molecule has 0 radical (unpaired) electrons. The summed E-state index contributed by atoms with van der Waals surface area (Å²) >= 11 is 0. The normalized spacial score (nSPS) is 12.1. The summed E-state index contributed by atoms with van der Waals surface area (Å²) in [5, 5.41) is 8.96. The van der Waals surface area contributed by atoms with E-state index in [2.05, 4.69) is 0 Å². The van der Waals surface area contributed by atoms with Crippen molar-refractivity contribution in [2.45, 2.75) is 12.7 Å². The summed E-state index contributed by atoms with van der Waals surface area (Å²) in [4.78, 5) is 1.70. The van der Waals surface area contributed by atoms with Crippen molar-refractivity contribution < 1.29 is 23.0 Å². The van der Waals surface area contributed by atoms with Crippen molar-refractivity contribution in [1.29, 1.82) is 0 Å². The minimum atomic E-state index is -4.45. The number of nitrogen functional groups attached to an aromatic ring is 1. The van der Waals surface area contributed by atoms with Crippen LogP contribution in [0.25, 0.3) is 0 Å². The van der Waals surface area contributed by atoms with Gasteiger partial charge in [-0.05, 0) is 17.7 Å². The van der Waals surface area contributed by atoms with Crippen LogP contribution in [0.4, 0.5) is 18.9 Å². The summed E-state index contributed by atoms with van der Waals surface area (Å²) in [7, 11) is 1.52. The molecule has 3 N–H and O–H groups in total. The van der Waals surface area contributed by atoms with Crippen molar-refractivity contribution in [2.24, 2.45) is 0 Å². The molecule has 0 aliphatic carbocycles. The first-order valence-corrected chi connectivity index (χ1v) is 6.16. The number of rotatable bonds is 7. The van der Waals surface area contributed by atoms with Crippen molar-refractivity contribution in [1.82, 2.24) is 4.90 Å². The van der Waals surface area contributed by atoms with Crippen molar-refractivity contribution in [2.75, 3.05) is 39.1 Å². The van der Waals surface area contributed by atoms with Gasteiger partial charge in [-0.2, -0.15) is 13.2 Å². The number of benzene rings is 1. The Balaban J connectivity index is 2.93. The number of aliphatic hydroxyl groups excluding tert-OH is 1. The standard InChI is InChI=1S/C13H19F3N2O2/c1-20-7-5-18(4-6-19)9-10-2-3-11(17)8-12(10)13(14,15)16/h2-3,8,19H,4-7,9,17H2,1H3. The third-order valence-corrected chi connectivity index (χ3v) is 2.86. The van der Waals surface area contributed by atoms with Crippen LogP contribution < -0.4 is 5.73 Å². The van der Waals surface area contributed by atoms with Gasteiger partial charge in [0.05, 0.1) is 18.8 Å². The molecule has 0 aliphatic rings. The van der Waals surface area contributed by atoms with E-state index in [-0.39, 0.29) is 30.9 Å². The number of ether oxygens (including phenoxy) is 1. The van der Waals surface area contributed by atoms with Crippen LogP contribution in [0.3, 0.4) is 0 Å². The fourth-order valence-corrected chi connectivity index (χ4v) is 1.87. The van der Waals surface area contributed by atoms with Gasteiger partial charge in [-0.1, -0.05) is 6.07 Å². The summed E-state index contributed by atoms with van der Waals surface area (Å²) < 4.78 is 43.8. The number of alkyl halides is 3. The van der Waals surface area contributed by atoms with Crippen LogP contribution in [0, 0.1) is 0 Å². The highest BCUT2D eigenvalue weighted by Crippen LogP contribution is 2.33. The van der Waals surface area contributed by atoms with Gasteiger partial charge in [0, 0.05) is 32.4 Å². The smallest absolute Gasteiger partial charge is 0.399 e. The number of nitrogens with two attached hydrogens (primary N) is 1. The first-order valence-electron chi connectivity index (χ1n) is 6.16. The minimum absolute atomic E-state index is 0.0756. The van der Waals surface area contributed by atoms with E-state index < -0.39 is 11.7 Å². The van der Waals surface area contributed by atoms with Crippen molar-refractivity contribution in [3.63, 3.8) is 0 Å². The van der Waals surface area contributed by atoms with Crippen LogP contribution in [0.2, 0.25) is 0 Å². The largest absolute Gasteiger partial charge is 0.416 e. The second-order valence-corrected chi connectivity index (χ2v) is 4.41. The highest BCUT2D eigenvalue weighted by Gasteiger charge is 2.33. The van der Waals surface area contributed by atoms with E-state index >= 15 is 0 Å². The Morgan fingerprint density at radius 3 is 2.55 bits per heavy atom. The Labute approximate surface area is 115 Å². The lowest BCUT2D eigenvalue weighted by molar-refractivity contribution is -0.138. The molecule has 1 rings (SSSR count). The van der Waals surface area contributed by atoms with E-state index in [4.69, 9.17) is 15.6 Å². The van der Waals surface area contributed by atoms with Crippen LogP contribution >= 0.6 is 0 Å². The summed E-state index contributed by atoms with van der Waals surface area (Å²) in [6, 6.07) is 3.75. The molecule has 0 unspecified atom stereocenters. The monoisotopic (exact) mass is 292 g/mol. The average molecular weight is 292 g/mol. The van der Waals surface area contributed by atoms with Crippen LogP contribution in [-0.4, -0.2) is 43.4 Å². The Bertz CT molecular complexity index is 425. The number of methoxy groups -OCH3 is 1. The quantitative estimate of drug-likeness (QED) is 0.751.